The Hall–Kier alpha value is -1.91. The van der Waals surface area contributed by atoms with Crippen molar-refractivity contribution in [3.63, 3.8) is 0 Å². The molecule has 0 bridgehead atoms. The van der Waals surface area contributed by atoms with Crippen LogP contribution in [0, 0.1) is 0 Å². The van der Waals surface area contributed by atoms with Crippen LogP contribution in [-0.2, 0) is 20.7 Å². The molecule has 1 aromatic heterocycles. The van der Waals surface area contributed by atoms with Gasteiger partial charge in [-0.05, 0) is 25.0 Å². The third-order valence-corrected chi connectivity index (χ3v) is 2.07. The third-order valence-electron chi connectivity index (χ3n) is 2.07. The monoisotopic (exact) mass is 236 g/mol. The van der Waals surface area contributed by atoms with Crippen molar-refractivity contribution in [2.75, 3.05) is 13.2 Å². The molecular weight excluding hydrogens is 220 g/mol. The summed E-state index contributed by atoms with van der Waals surface area (Å²) >= 11 is 0. The topological polar surface area (TPSA) is 68.3 Å². The molecule has 0 saturated heterocycles. The highest BCUT2D eigenvalue weighted by Gasteiger charge is 2.08. The molecule has 0 aromatic carbocycles. The standard InChI is InChI=1S/C12H16N2O3/c1-2-17-12(16)8-11(15)14-7-5-10-4-3-6-13-9-10/h3-4,6,9H,2,5,7-8H2,1H3,(H,14,15). The number of rotatable bonds is 6. The van der Waals surface area contributed by atoms with Crippen LogP contribution in [0.25, 0.3) is 0 Å². The minimum absolute atomic E-state index is 0.221. The molecule has 0 saturated carbocycles. The van der Waals surface area contributed by atoms with Gasteiger partial charge >= 0.3 is 5.97 Å². The molecule has 17 heavy (non-hydrogen) atoms. The average Bonchev–Trinajstić information content (AvgIpc) is 2.30. The Morgan fingerprint density at radius 3 is 2.94 bits per heavy atom. The Labute approximate surface area is 100 Å². The van der Waals surface area contributed by atoms with Crippen molar-refractivity contribution < 1.29 is 14.3 Å². The smallest absolute Gasteiger partial charge is 0.315 e. The Balaban J connectivity index is 2.18. The summed E-state index contributed by atoms with van der Waals surface area (Å²) in [6, 6.07) is 3.78. The van der Waals surface area contributed by atoms with E-state index in [2.05, 4.69) is 15.0 Å². The van der Waals surface area contributed by atoms with E-state index in [4.69, 9.17) is 0 Å². The van der Waals surface area contributed by atoms with Gasteiger partial charge in [0.05, 0.1) is 6.61 Å². The Kier molecular flexibility index (Phi) is 5.71. The van der Waals surface area contributed by atoms with Gasteiger partial charge < -0.3 is 10.1 Å². The van der Waals surface area contributed by atoms with Crippen LogP contribution >= 0.6 is 0 Å². The van der Waals surface area contributed by atoms with E-state index in [0.29, 0.717) is 19.6 Å². The van der Waals surface area contributed by atoms with E-state index in [-0.39, 0.29) is 12.3 Å². The summed E-state index contributed by atoms with van der Waals surface area (Å²) in [6.07, 6.45) is 3.92. The molecule has 0 aliphatic heterocycles. The van der Waals surface area contributed by atoms with Crippen molar-refractivity contribution in [1.82, 2.24) is 10.3 Å². The Bertz CT molecular complexity index is 365. The van der Waals surface area contributed by atoms with Crippen LogP contribution in [0.2, 0.25) is 0 Å². The second kappa shape index (κ2) is 7.38. The van der Waals surface area contributed by atoms with Crippen LogP contribution in [0.1, 0.15) is 18.9 Å². The fourth-order valence-corrected chi connectivity index (χ4v) is 1.30. The van der Waals surface area contributed by atoms with Crippen LogP contribution < -0.4 is 5.32 Å². The predicted molar refractivity (Wildman–Crippen MR) is 62.2 cm³/mol. The highest BCUT2D eigenvalue weighted by Crippen LogP contribution is 1.95. The molecule has 1 heterocycles. The lowest BCUT2D eigenvalue weighted by atomic mass is 10.2. The third kappa shape index (κ3) is 5.65. The first-order chi connectivity index (χ1) is 8.22. The van der Waals surface area contributed by atoms with Crippen LogP contribution in [0.3, 0.4) is 0 Å². The lowest BCUT2D eigenvalue weighted by molar-refractivity contribution is -0.145. The zero-order chi connectivity index (χ0) is 12.5. The minimum Gasteiger partial charge on any atom is -0.466 e. The van der Waals surface area contributed by atoms with Crippen molar-refractivity contribution in [2.24, 2.45) is 0 Å². The predicted octanol–water partition coefficient (Wildman–Crippen LogP) is 0.693. The summed E-state index contributed by atoms with van der Waals surface area (Å²) < 4.78 is 4.67. The number of hydrogen-bond donors (Lipinski definition) is 1. The molecule has 0 unspecified atom stereocenters. The molecule has 0 atom stereocenters. The van der Waals surface area contributed by atoms with Gasteiger partial charge in [0.2, 0.25) is 5.91 Å². The van der Waals surface area contributed by atoms with Crippen molar-refractivity contribution in [1.29, 1.82) is 0 Å². The molecule has 5 nitrogen and oxygen atoms in total. The van der Waals surface area contributed by atoms with Gasteiger partial charge in [0, 0.05) is 18.9 Å². The molecule has 0 aliphatic rings. The summed E-state index contributed by atoms with van der Waals surface area (Å²) in [7, 11) is 0. The zero-order valence-electron chi connectivity index (χ0n) is 9.81. The van der Waals surface area contributed by atoms with E-state index in [1.54, 1.807) is 19.3 Å². The van der Waals surface area contributed by atoms with Gasteiger partial charge in [0.1, 0.15) is 6.42 Å². The highest BCUT2D eigenvalue weighted by atomic mass is 16.5. The van der Waals surface area contributed by atoms with Gasteiger partial charge in [-0.1, -0.05) is 6.07 Å². The van der Waals surface area contributed by atoms with Crippen molar-refractivity contribution in [3.05, 3.63) is 30.1 Å². The summed E-state index contributed by atoms with van der Waals surface area (Å²) in [5.41, 5.74) is 1.05. The van der Waals surface area contributed by atoms with Crippen LogP contribution in [0.15, 0.2) is 24.5 Å². The lowest BCUT2D eigenvalue weighted by Crippen LogP contribution is -2.28. The molecule has 0 fully saturated rings. The second-order valence-electron chi connectivity index (χ2n) is 3.44. The van der Waals surface area contributed by atoms with Crippen LogP contribution in [-0.4, -0.2) is 30.0 Å². The largest absolute Gasteiger partial charge is 0.466 e. The maximum atomic E-state index is 11.3. The normalized spacial score (nSPS) is 9.71. The van der Waals surface area contributed by atoms with Crippen molar-refractivity contribution >= 4 is 11.9 Å². The molecule has 0 radical (unpaired) electrons. The van der Waals surface area contributed by atoms with E-state index in [1.807, 2.05) is 12.1 Å². The van der Waals surface area contributed by atoms with Crippen molar-refractivity contribution in [2.45, 2.75) is 19.8 Å². The number of esters is 1. The molecule has 5 heteroatoms. The number of ether oxygens (including phenoxy) is 1. The molecule has 1 amide bonds. The maximum absolute atomic E-state index is 11.3. The van der Waals surface area contributed by atoms with Gasteiger partial charge in [-0.15, -0.1) is 0 Å². The van der Waals surface area contributed by atoms with E-state index >= 15 is 0 Å². The lowest BCUT2D eigenvalue weighted by Gasteiger charge is -2.04. The molecule has 0 aliphatic carbocycles. The minimum atomic E-state index is -0.494. The zero-order valence-corrected chi connectivity index (χ0v) is 9.81. The van der Waals surface area contributed by atoms with E-state index in [9.17, 15) is 9.59 Å². The number of carbonyl (C=O) groups is 2. The number of nitrogens with zero attached hydrogens (tertiary/aromatic N) is 1. The summed E-state index contributed by atoms with van der Waals surface area (Å²) in [4.78, 5) is 26.3. The molecule has 0 spiro atoms. The van der Waals surface area contributed by atoms with Crippen LogP contribution in [0.5, 0.6) is 0 Å². The fraction of sp³-hybridized carbons (Fsp3) is 0.417. The average molecular weight is 236 g/mol. The first kappa shape index (κ1) is 13.2. The molecule has 1 aromatic rings. The first-order valence-electron chi connectivity index (χ1n) is 5.53. The number of carbonyl (C=O) groups excluding carboxylic acids is 2. The van der Waals surface area contributed by atoms with E-state index in [0.717, 1.165) is 5.56 Å². The van der Waals surface area contributed by atoms with Gasteiger partial charge in [0.15, 0.2) is 0 Å². The number of amides is 1. The van der Waals surface area contributed by atoms with Crippen molar-refractivity contribution in [3.8, 4) is 0 Å². The number of nitrogens with one attached hydrogen (secondary N) is 1. The first-order valence-corrected chi connectivity index (χ1v) is 5.53. The molecule has 1 rings (SSSR count). The van der Waals surface area contributed by atoms with Gasteiger partial charge in [-0.2, -0.15) is 0 Å². The van der Waals surface area contributed by atoms with Gasteiger partial charge in [-0.25, -0.2) is 0 Å². The molecule has 1 N–H and O–H groups in total. The van der Waals surface area contributed by atoms with Crippen LogP contribution in [0.4, 0.5) is 0 Å². The highest BCUT2D eigenvalue weighted by molar-refractivity contribution is 5.94. The van der Waals surface area contributed by atoms with E-state index < -0.39 is 5.97 Å². The Morgan fingerprint density at radius 1 is 1.47 bits per heavy atom. The summed E-state index contributed by atoms with van der Waals surface area (Å²) in [6.45, 7) is 2.49. The fourth-order valence-electron chi connectivity index (χ4n) is 1.30. The molecular formula is C12H16N2O3. The maximum Gasteiger partial charge on any atom is 0.315 e. The SMILES string of the molecule is CCOC(=O)CC(=O)NCCc1cccnc1. The number of hydrogen-bond acceptors (Lipinski definition) is 4. The summed E-state index contributed by atoms with van der Waals surface area (Å²) in [5, 5.41) is 2.65. The number of pyridine rings is 1. The summed E-state index contributed by atoms with van der Waals surface area (Å²) in [5.74, 6) is -0.807. The van der Waals surface area contributed by atoms with E-state index in [1.165, 1.54) is 0 Å². The van der Waals surface area contributed by atoms with Gasteiger partial charge in [0.25, 0.3) is 0 Å². The second-order valence-corrected chi connectivity index (χ2v) is 3.44. The van der Waals surface area contributed by atoms with Gasteiger partial charge in [-0.3, -0.25) is 14.6 Å². The molecule has 92 valence electrons. The number of aromatic nitrogens is 1. The quantitative estimate of drug-likeness (QED) is 0.583. The Morgan fingerprint density at radius 2 is 2.29 bits per heavy atom.